The summed E-state index contributed by atoms with van der Waals surface area (Å²) in [5.74, 6) is 1.58. The lowest BCUT2D eigenvalue weighted by Gasteiger charge is -2.26. The predicted molar refractivity (Wildman–Crippen MR) is 90.3 cm³/mol. The quantitative estimate of drug-likeness (QED) is 0.693. The lowest BCUT2D eigenvalue weighted by atomic mass is 10.2. The summed E-state index contributed by atoms with van der Waals surface area (Å²) in [4.78, 5) is 18.3. The standard InChI is InChI=1S/C18H17N3O5/c22-16(21-7-10-23-11-8-21)12-25-14-5-2-1-4-13(14)17-19-18(26-20-17)15-6-3-9-24-15/h1-6,9H,7-8,10-12H2. The second-order valence-electron chi connectivity index (χ2n) is 5.68. The Hall–Kier alpha value is -3.13. The van der Waals surface area contributed by atoms with Crippen LogP contribution in [0.15, 0.2) is 51.6 Å². The maximum atomic E-state index is 12.3. The minimum Gasteiger partial charge on any atom is -0.483 e. The van der Waals surface area contributed by atoms with E-state index in [2.05, 4.69) is 10.1 Å². The van der Waals surface area contributed by atoms with Crippen LogP contribution in [-0.4, -0.2) is 53.9 Å². The number of hydrogen-bond acceptors (Lipinski definition) is 7. The van der Waals surface area contributed by atoms with Gasteiger partial charge in [0.1, 0.15) is 5.75 Å². The predicted octanol–water partition coefficient (Wildman–Crippen LogP) is 2.23. The molecule has 0 bridgehead atoms. The van der Waals surface area contributed by atoms with Gasteiger partial charge in [0.15, 0.2) is 12.4 Å². The molecule has 0 saturated carbocycles. The molecule has 0 spiro atoms. The summed E-state index contributed by atoms with van der Waals surface area (Å²) >= 11 is 0. The molecule has 0 unspecified atom stereocenters. The van der Waals surface area contributed by atoms with Gasteiger partial charge in [-0.05, 0) is 24.3 Å². The van der Waals surface area contributed by atoms with E-state index in [1.165, 1.54) is 6.26 Å². The zero-order chi connectivity index (χ0) is 17.8. The van der Waals surface area contributed by atoms with Crippen LogP contribution >= 0.6 is 0 Å². The summed E-state index contributed by atoms with van der Waals surface area (Å²) in [6.45, 7) is 2.23. The van der Waals surface area contributed by atoms with Crippen molar-refractivity contribution in [2.75, 3.05) is 32.9 Å². The molecular weight excluding hydrogens is 338 g/mol. The first kappa shape index (κ1) is 16.3. The monoisotopic (exact) mass is 355 g/mol. The van der Waals surface area contributed by atoms with E-state index in [4.69, 9.17) is 18.4 Å². The molecule has 2 aromatic heterocycles. The number of ether oxygens (including phenoxy) is 2. The van der Waals surface area contributed by atoms with Crippen molar-refractivity contribution in [3.8, 4) is 28.8 Å². The summed E-state index contributed by atoms with van der Waals surface area (Å²) in [5, 5.41) is 3.98. The average molecular weight is 355 g/mol. The van der Waals surface area contributed by atoms with Crippen LogP contribution in [0, 0.1) is 0 Å². The Morgan fingerprint density at radius 1 is 1.15 bits per heavy atom. The van der Waals surface area contributed by atoms with Gasteiger partial charge in [-0.25, -0.2) is 0 Å². The number of aromatic nitrogens is 2. The number of hydrogen-bond donors (Lipinski definition) is 0. The Labute approximate surface area is 149 Å². The smallest absolute Gasteiger partial charge is 0.293 e. The molecule has 1 aromatic carbocycles. The van der Waals surface area contributed by atoms with Crippen LogP contribution in [0.2, 0.25) is 0 Å². The Balaban J connectivity index is 1.49. The molecule has 0 aliphatic carbocycles. The largest absolute Gasteiger partial charge is 0.483 e. The number of furan rings is 1. The van der Waals surface area contributed by atoms with E-state index >= 15 is 0 Å². The highest BCUT2D eigenvalue weighted by molar-refractivity contribution is 5.78. The molecule has 3 heterocycles. The number of morpholine rings is 1. The van der Waals surface area contributed by atoms with E-state index in [1.54, 1.807) is 23.1 Å². The highest BCUT2D eigenvalue weighted by atomic mass is 16.5. The number of benzene rings is 1. The first-order valence-corrected chi connectivity index (χ1v) is 8.26. The highest BCUT2D eigenvalue weighted by Crippen LogP contribution is 2.29. The Bertz CT molecular complexity index is 869. The van der Waals surface area contributed by atoms with Crippen LogP contribution in [-0.2, 0) is 9.53 Å². The van der Waals surface area contributed by atoms with Crippen molar-refractivity contribution in [2.24, 2.45) is 0 Å². The fourth-order valence-corrected chi connectivity index (χ4v) is 2.65. The third-order valence-corrected chi connectivity index (χ3v) is 4.00. The van der Waals surface area contributed by atoms with Crippen LogP contribution in [0.3, 0.4) is 0 Å². The summed E-state index contributed by atoms with van der Waals surface area (Å²) in [7, 11) is 0. The van der Waals surface area contributed by atoms with Crippen LogP contribution in [0.4, 0.5) is 0 Å². The van der Waals surface area contributed by atoms with Gasteiger partial charge in [0, 0.05) is 13.1 Å². The molecule has 134 valence electrons. The molecule has 1 aliphatic rings. The van der Waals surface area contributed by atoms with Crippen LogP contribution in [0.1, 0.15) is 0 Å². The molecule has 1 amide bonds. The van der Waals surface area contributed by atoms with E-state index in [0.717, 1.165) is 0 Å². The van der Waals surface area contributed by atoms with E-state index in [0.29, 0.717) is 49.2 Å². The minimum atomic E-state index is -0.0764. The van der Waals surface area contributed by atoms with Crippen molar-refractivity contribution in [2.45, 2.75) is 0 Å². The number of rotatable bonds is 5. The molecule has 0 radical (unpaired) electrons. The molecule has 1 aliphatic heterocycles. The van der Waals surface area contributed by atoms with Gasteiger partial charge in [-0.1, -0.05) is 17.3 Å². The van der Waals surface area contributed by atoms with Crippen LogP contribution in [0.5, 0.6) is 5.75 Å². The average Bonchev–Trinajstić information content (AvgIpc) is 3.38. The van der Waals surface area contributed by atoms with Gasteiger partial charge in [0.2, 0.25) is 5.82 Å². The number of amides is 1. The first-order valence-electron chi connectivity index (χ1n) is 8.26. The third kappa shape index (κ3) is 3.45. The topological polar surface area (TPSA) is 90.8 Å². The fraction of sp³-hybridized carbons (Fsp3) is 0.278. The van der Waals surface area contributed by atoms with E-state index in [1.807, 2.05) is 18.2 Å². The van der Waals surface area contributed by atoms with Gasteiger partial charge < -0.3 is 23.3 Å². The zero-order valence-electron chi connectivity index (χ0n) is 14.0. The molecule has 8 nitrogen and oxygen atoms in total. The van der Waals surface area contributed by atoms with E-state index in [-0.39, 0.29) is 18.4 Å². The molecule has 26 heavy (non-hydrogen) atoms. The van der Waals surface area contributed by atoms with Crippen molar-refractivity contribution in [3.63, 3.8) is 0 Å². The maximum Gasteiger partial charge on any atom is 0.293 e. The number of carbonyl (C=O) groups is 1. The van der Waals surface area contributed by atoms with E-state index < -0.39 is 0 Å². The van der Waals surface area contributed by atoms with Crippen molar-refractivity contribution in [1.82, 2.24) is 15.0 Å². The number of nitrogens with zero attached hydrogens (tertiary/aromatic N) is 3. The van der Waals surface area contributed by atoms with Gasteiger partial charge in [0.25, 0.3) is 11.8 Å². The van der Waals surface area contributed by atoms with Gasteiger partial charge >= 0.3 is 0 Å². The molecule has 0 atom stereocenters. The third-order valence-electron chi connectivity index (χ3n) is 4.00. The maximum absolute atomic E-state index is 12.3. The molecular formula is C18H17N3O5. The Morgan fingerprint density at radius 3 is 2.81 bits per heavy atom. The normalized spacial score (nSPS) is 14.4. The van der Waals surface area contributed by atoms with Gasteiger partial charge in [0.05, 0.1) is 25.0 Å². The summed E-state index contributed by atoms with van der Waals surface area (Å²) in [6, 6.07) is 10.7. The second-order valence-corrected chi connectivity index (χ2v) is 5.68. The Kier molecular flexibility index (Phi) is 4.65. The molecule has 0 N–H and O–H groups in total. The van der Waals surface area contributed by atoms with E-state index in [9.17, 15) is 4.79 Å². The summed E-state index contributed by atoms with van der Waals surface area (Å²) < 4.78 is 21.5. The lowest BCUT2D eigenvalue weighted by Crippen LogP contribution is -2.43. The second kappa shape index (κ2) is 7.40. The lowest BCUT2D eigenvalue weighted by molar-refractivity contribution is -0.137. The Morgan fingerprint density at radius 2 is 2.00 bits per heavy atom. The van der Waals surface area contributed by atoms with Crippen LogP contribution in [0.25, 0.3) is 23.0 Å². The van der Waals surface area contributed by atoms with Crippen molar-refractivity contribution >= 4 is 5.91 Å². The van der Waals surface area contributed by atoms with Crippen LogP contribution < -0.4 is 4.74 Å². The SMILES string of the molecule is O=C(COc1ccccc1-c1noc(-c2ccco2)n1)N1CCOCC1. The summed E-state index contributed by atoms with van der Waals surface area (Å²) in [5.41, 5.74) is 0.642. The van der Waals surface area contributed by atoms with Crippen molar-refractivity contribution in [3.05, 3.63) is 42.7 Å². The first-order chi connectivity index (χ1) is 12.8. The van der Waals surface area contributed by atoms with Crippen molar-refractivity contribution < 1.29 is 23.2 Å². The molecule has 1 fully saturated rings. The summed E-state index contributed by atoms with van der Waals surface area (Å²) in [6.07, 6.45) is 1.54. The molecule has 8 heteroatoms. The van der Waals surface area contributed by atoms with Gasteiger partial charge in [-0.15, -0.1) is 0 Å². The molecule has 1 saturated heterocycles. The number of para-hydroxylation sites is 1. The highest BCUT2D eigenvalue weighted by Gasteiger charge is 2.19. The zero-order valence-corrected chi connectivity index (χ0v) is 14.0. The number of carbonyl (C=O) groups excluding carboxylic acids is 1. The van der Waals surface area contributed by atoms with Gasteiger partial charge in [-0.3, -0.25) is 4.79 Å². The van der Waals surface area contributed by atoms with Gasteiger partial charge in [-0.2, -0.15) is 4.98 Å². The minimum absolute atomic E-state index is 0.0556. The van der Waals surface area contributed by atoms with Crippen molar-refractivity contribution in [1.29, 1.82) is 0 Å². The fourth-order valence-electron chi connectivity index (χ4n) is 2.65. The molecule has 3 aromatic rings. The molecule has 4 rings (SSSR count).